The predicted molar refractivity (Wildman–Crippen MR) is 141 cm³/mol. The third-order valence-electron chi connectivity index (χ3n) is 7.95. The van der Waals surface area contributed by atoms with Crippen LogP contribution in [-0.2, 0) is 15.0 Å². The van der Waals surface area contributed by atoms with Crippen LogP contribution < -0.4 is 4.90 Å². The second-order valence-electron chi connectivity index (χ2n) is 9.58. The summed E-state index contributed by atoms with van der Waals surface area (Å²) >= 11 is 6.50. The Hall–Kier alpha value is -4.02. The SMILES string of the molecule is O=C1[C@@H]2C3c4ccccc4C(C=Nc4ccccc4)(c4ccccc43)[C@H]2C(=O)N1c1ccccc1Cl. The molecule has 0 spiro atoms. The molecule has 1 aliphatic heterocycles. The molecule has 1 fully saturated rings. The molecular formula is C31H21ClN2O2. The van der Waals surface area contributed by atoms with Gasteiger partial charge in [-0.05, 0) is 46.5 Å². The molecule has 8 rings (SSSR count). The lowest BCUT2D eigenvalue weighted by Gasteiger charge is -2.52. The Kier molecular flexibility index (Phi) is 4.57. The van der Waals surface area contributed by atoms with Gasteiger partial charge >= 0.3 is 0 Å². The zero-order valence-electron chi connectivity index (χ0n) is 19.2. The Morgan fingerprint density at radius 3 is 1.97 bits per heavy atom. The van der Waals surface area contributed by atoms with Gasteiger partial charge in [-0.25, -0.2) is 4.90 Å². The van der Waals surface area contributed by atoms with Crippen molar-refractivity contribution in [1.82, 2.24) is 0 Å². The largest absolute Gasteiger partial charge is 0.274 e. The average molecular weight is 489 g/mol. The number of nitrogens with zero attached hydrogens (tertiary/aromatic N) is 2. The second-order valence-corrected chi connectivity index (χ2v) is 9.99. The van der Waals surface area contributed by atoms with Gasteiger partial charge in [-0.15, -0.1) is 0 Å². The Morgan fingerprint density at radius 2 is 1.31 bits per heavy atom. The lowest BCUT2D eigenvalue weighted by molar-refractivity contribution is -0.122. The minimum atomic E-state index is -0.884. The highest BCUT2D eigenvalue weighted by Crippen LogP contribution is 2.64. The molecular weight excluding hydrogens is 468 g/mol. The third kappa shape index (κ3) is 2.68. The van der Waals surface area contributed by atoms with Crippen molar-refractivity contribution in [2.75, 3.05) is 4.90 Å². The lowest BCUT2D eigenvalue weighted by atomic mass is 9.47. The number of carbonyl (C=O) groups excluding carboxylic acids is 2. The highest BCUT2D eigenvalue weighted by molar-refractivity contribution is 6.36. The fourth-order valence-electron chi connectivity index (χ4n) is 6.61. The summed E-state index contributed by atoms with van der Waals surface area (Å²) in [6.45, 7) is 0. The topological polar surface area (TPSA) is 49.7 Å². The molecule has 174 valence electrons. The zero-order chi connectivity index (χ0) is 24.4. The molecule has 36 heavy (non-hydrogen) atoms. The fraction of sp³-hybridized carbons (Fsp3) is 0.129. The van der Waals surface area contributed by atoms with Gasteiger partial charge in [0.15, 0.2) is 0 Å². The summed E-state index contributed by atoms with van der Waals surface area (Å²) in [6.07, 6.45) is 1.91. The van der Waals surface area contributed by atoms with Gasteiger partial charge < -0.3 is 0 Å². The second kappa shape index (κ2) is 7.74. The molecule has 2 atom stereocenters. The number of carbonyl (C=O) groups is 2. The fourth-order valence-corrected chi connectivity index (χ4v) is 6.83. The van der Waals surface area contributed by atoms with Crippen molar-refractivity contribution in [1.29, 1.82) is 0 Å². The summed E-state index contributed by atoms with van der Waals surface area (Å²) in [6, 6.07) is 33.1. The number of benzene rings is 4. The number of halogens is 1. The Balaban J connectivity index is 1.53. The van der Waals surface area contributed by atoms with Crippen molar-refractivity contribution in [3.63, 3.8) is 0 Å². The van der Waals surface area contributed by atoms with Gasteiger partial charge in [-0.2, -0.15) is 0 Å². The number of imide groups is 1. The first-order valence-electron chi connectivity index (χ1n) is 12.0. The number of para-hydroxylation sites is 2. The summed E-state index contributed by atoms with van der Waals surface area (Å²) in [7, 11) is 0. The molecule has 0 aromatic heterocycles. The van der Waals surface area contributed by atoms with Gasteiger partial charge in [0.25, 0.3) is 0 Å². The summed E-state index contributed by atoms with van der Waals surface area (Å²) in [5.41, 5.74) is 4.59. The molecule has 4 aliphatic rings. The van der Waals surface area contributed by atoms with Crippen molar-refractivity contribution in [3.8, 4) is 0 Å². The molecule has 3 aliphatic carbocycles. The van der Waals surface area contributed by atoms with E-state index in [2.05, 4.69) is 24.3 Å². The van der Waals surface area contributed by atoms with Crippen molar-refractivity contribution >= 4 is 41.0 Å². The van der Waals surface area contributed by atoms with Crippen molar-refractivity contribution in [2.45, 2.75) is 11.3 Å². The molecule has 0 unspecified atom stereocenters. The van der Waals surface area contributed by atoms with Crippen molar-refractivity contribution in [3.05, 3.63) is 130 Å². The number of amides is 2. The van der Waals surface area contributed by atoms with E-state index in [1.54, 1.807) is 24.3 Å². The van der Waals surface area contributed by atoms with Crippen LogP contribution in [0.3, 0.4) is 0 Å². The van der Waals surface area contributed by atoms with E-state index in [-0.39, 0.29) is 17.7 Å². The van der Waals surface area contributed by atoms with E-state index in [0.29, 0.717) is 10.7 Å². The van der Waals surface area contributed by atoms with Gasteiger partial charge in [0, 0.05) is 12.1 Å². The summed E-state index contributed by atoms with van der Waals surface area (Å²) in [4.78, 5) is 34.7. The van der Waals surface area contributed by atoms with E-state index >= 15 is 0 Å². The summed E-state index contributed by atoms with van der Waals surface area (Å²) in [5, 5.41) is 0.382. The van der Waals surface area contributed by atoms with E-state index < -0.39 is 17.3 Å². The maximum atomic E-state index is 14.3. The number of hydrogen-bond acceptors (Lipinski definition) is 3. The maximum absolute atomic E-state index is 14.3. The number of anilines is 1. The predicted octanol–water partition coefficient (Wildman–Crippen LogP) is 6.29. The Morgan fingerprint density at radius 1 is 0.722 bits per heavy atom. The van der Waals surface area contributed by atoms with E-state index in [9.17, 15) is 9.59 Å². The van der Waals surface area contributed by atoms with Crippen LogP contribution in [0.25, 0.3) is 0 Å². The van der Waals surface area contributed by atoms with Crippen molar-refractivity contribution < 1.29 is 9.59 Å². The van der Waals surface area contributed by atoms with Gasteiger partial charge in [0.1, 0.15) is 0 Å². The Labute approximate surface area is 213 Å². The van der Waals surface area contributed by atoms with Gasteiger partial charge in [-0.3, -0.25) is 14.6 Å². The molecule has 2 bridgehead atoms. The minimum Gasteiger partial charge on any atom is -0.274 e. The first-order valence-corrected chi connectivity index (χ1v) is 12.4. The first-order chi connectivity index (χ1) is 17.6. The lowest BCUT2D eigenvalue weighted by Crippen LogP contribution is -2.54. The van der Waals surface area contributed by atoms with E-state index in [0.717, 1.165) is 27.9 Å². The normalized spacial score (nSPS) is 25.7. The Bertz CT molecular complexity index is 1530. The molecule has 1 heterocycles. The molecule has 4 aromatic carbocycles. The van der Waals surface area contributed by atoms with Gasteiger partial charge in [0.2, 0.25) is 11.8 Å². The van der Waals surface area contributed by atoms with Crippen LogP contribution in [-0.4, -0.2) is 18.0 Å². The van der Waals surface area contributed by atoms with Crippen LogP contribution in [0, 0.1) is 11.8 Å². The first kappa shape index (κ1) is 21.3. The van der Waals surface area contributed by atoms with Crippen LogP contribution in [0.2, 0.25) is 5.02 Å². The van der Waals surface area contributed by atoms with E-state index in [4.69, 9.17) is 16.6 Å². The molecule has 2 amide bonds. The minimum absolute atomic E-state index is 0.204. The molecule has 4 nitrogen and oxygen atoms in total. The van der Waals surface area contributed by atoms with Gasteiger partial charge in [-0.1, -0.05) is 90.5 Å². The average Bonchev–Trinajstić information content (AvgIpc) is 3.19. The molecule has 1 saturated heterocycles. The molecule has 0 radical (unpaired) electrons. The number of aliphatic imine (C=N–C) groups is 1. The smallest absolute Gasteiger partial charge is 0.239 e. The number of rotatable bonds is 3. The summed E-state index contributed by atoms with van der Waals surface area (Å²) in [5.74, 6) is -1.81. The maximum Gasteiger partial charge on any atom is 0.239 e. The highest BCUT2D eigenvalue weighted by Gasteiger charge is 2.68. The molecule has 0 N–H and O–H groups in total. The monoisotopic (exact) mass is 488 g/mol. The van der Waals surface area contributed by atoms with E-state index in [1.165, 1.54) is 4.90 Å². The highest BCUT2D eigenvalue weighted by atomic mass is 35.5. The van der Waals surface area contributed by atoms with Crippen LogP contribution in [0.4, 0.5) is 11.4 Å². The molecule has 0 saturated carbocycles. The standard InChI is InChI=1S/C31H21ClN2O2/c32-24-16-8-9-17-25(24)34-29(35)27-26-20-12-4-6-14-22(20)31(28(27)30(34)36,23-15-7-5-13-21(23)26)18-33-19-10-2-1-3-11-19/h1-18,26-28H/t26?,27-,28-,31?/m1/s1. The quantitative estimate of drug-likeness (QED) is 0.251. The van der Waals surface area contributed by atoms with Crippen LogP contribution in [0.5, 0.6) is 0 Å². The van der Waals surface area contributed by atoms with Crippen molar-refractivity contribution in [2.24, 2.45) is 16.8 Å². The molecule has 5 heteroatoms. The van der Waals surface area contributed by atoms with Crippen LogP contribution in [0.15, 0.2) is 108 Å². The number of hydrogen-bond donors (Lipinski definition) is 0. The zero-order valence-corrected chi connectivity index (χ0v) is 20.0. The third-order valence-corrected chi connectivity index (χ3v) is 8.27. The summed E-state index contributed by atoms with van der Waals surface area (Å²) < 4.78 is 0. The van der Waals surface area contributed by atoms with E-state index in [1.807, 2.05) is 60.8 Å². The van der Waals surface area contributed by atoms with Crippen LogP contribution in [0.1, 0.15) is 28.2 Å². The molecule has 4 aromatic rings. The van der Waals surface area contributed by atoms with Crippen LogP contribution >= 0.6 is 11.6 Å². The van der Waals surface area contributed by atoms with Gasteiger partial charge in [0.05, 0.1) is 33.6 Å².